The summed E-state index contributed by atoms with van der Waals surface area (Å²) in [5.41, 5.74) is 3.09. The maximum absolute atomic E-state index is 12.5. The van der Waals surface area contributed by atoms with Crippen molar-refractivity contribution in [2.24, 2.45) is 0 Å². The number of rotatable bonds is 7. The molecule has 0 atom stereocenters. The Balaban J connectivity index is 1.57. The molecule has 152 valence electrons. The van der Waals surface area contributed by atoms with Gasteiger partial charge in [0.2, 0.25) is 10.0 Å². The van der Waals surface area contributed by atoms with Gasteiger partial charge < -0.3 is 5.32 Å². The van der Waals surface area contributed by atoms with Crippen LogP contribution in [0, 0.1) is 0 Å². The molecule has 1 N–H and O–H groups in total. The topological polar surface area (TPSA) is 62.3 Å². The number of aromatic nitrogens is 1. The molecule has 1 aromatic carbocycles. The Morgan fingerprint density at radius 3 is 2.59 bits per heavy atom. The second kappa shape index (κ2) is 8.13. The molecule has 1 aliphatic carbocycles. The van der Waals surface area contributed by atoms with Gasteiger partial charge in [0, 0.05) is 42.6 Å². The van der Waals surface area contributed by atoms with Gasteiger partial charge in [-0.05, 0) is 60.4 Å². The normalized spacial score (nSPS) is 19.2. The van der Waals surface area contributed by atoms with E-state index in [0.717, 1.165) is 53.3 Å². The highest BCUT2D eigenvalue weighted by atomic mass is 32.2. The molecule has 1 aromatic heterocycles. The third-order valence-corrected chi connectivity index (χ3v) is 8.12. The van der Waals surface area contributed by atoms with E-state index in [0.29, 0.717) is 13.1 Å². The molecule has 6 heteroatoms. The number of hydrogen-bond acceptors (Lipinski definition) is 4. The Bertz CT molecular complexity index is 1060. The van der Waals surface area contributed by atoms with E-state index in [4.69, 9.17) is 0 Å². The third kappa shape index (κ3) is 4.14. The SMILES string of the molecule is C=CC=C(C=C)c1cc(NC2CCN(S(=O)(=O)C3CC3)CC2)c2cnccc2c1. The maximum Gasteiger partial charge on any atom is 0.216 e. The van der Waals surface area contributed by atoms with Gasteiger partial charge in [-0.15, -0.1) is 0 Å². The van der Waals surface area contributed by atoms with E-state index in [2.05, 4.69) is 35.6 Å². The largest absolute Gasteiger partial charge is 0.382 e. The molecule has 4 rings (SSSR count). The minimum Gasteiger partial charge on any atom is -0.382 e. The van der Waals surface area contributed by atoms with E-state index in [-0.39, 0.29) is 11.3 Å². The zero-order chi connectivity index (χ0) is 20.4. The predicted octanol–water partition coefficient (Wildman–Crippen LogP) is 4.36. The maximum atomic E-state index is 12.5. The van der Waals surface area contributed by atoms with Crippen molar-refractivity contribution in [3.8, 4) is 0 Å². The molecular formula is C23H27N3O2S. The van der Waals surface area contributed by atoms with Crippen LogP contribution in [0.25, 0.3) is 16.3 Å². The number of benzene rings is 1. The van der Waals surface area contributed by atoms with Crippen LogP contribution in [-0.2, 0) is 10.0 Å². The van der Waals surface area contributed by atoms with Crippen LogP contribution in [0.15, 0.2) is 62.0 Å². The van der Waals surface area contributed by atoms with Crippen LogP contribution in [0.2, 0.25) is 0 Å². The van der Waals surface area contributed by atoms with Crippen LogP contribution < -0.4 is 5.32 Å². The number of nitrogens with zero attached hydrogens (tertiary/aromatic N) is 2. The van der Waals surface area contributed by atoms with Gasteiger partial charge in [0.05, 0.1) is 5.25 Å². The molecule has 0 amide bonds. The summed E-state index contributed by atoms with van der Waals surface area (Å²) in [6.45, 7) is 8.88. The molecule has 2 aliphatic rings. The molecule has 0 unspecified atom stereocenters. The standard InChI is InChI=1S/C23H27N3O2S/c1-3-5-17(4-2)19-14-18-8-11-24-16-22(18)23(15-19)25-20-9-12-26(13-10-20)29(27,28)21-6-7-21/h3-5,8,11,14-16,20-21,25H,1-2,6-7,9-10,12-13H2. The van der Waals surface area contributed by atoms with Gasteiger partial charge in [-0.1, -0.05) is 31.4 Å². The molecule has 0 spiro atoms. The smallest absolute Gasteiger partial charge is 0.216 e. The lowest BCUT2D eigenvalue weighted by Gasteiger charge is -2.32. The molecule has 1 saturated carbocycles. The number of fused-ring (bicyclic) bond motifs is 1. The van der Waals surface area contributed by atoms with Crippen molar-refractivity contribution in [1.29, 1.82) is 0 Å². The minimum absolute atomic E-state index is 0.132. The van der Waals surface area contributed by atoms with E-state index in [1.165, 1.54) is 0 Å². The molecule has 0 radical (unpaired) electrons. The van der Waals surface area contributed by atoms with Gasteiger partial charge in [-0.2, -0.15) is 0 Å². The van der Waals surface area contributed by atoms with E-state index < -0.39 is 10.0 Å². The molecule has 5 nitrogen and oxygen atoms in total. The number of pyridine rings is 1. The summed E-state index contributed by atoms with van der Waals surface area (Å²) < 4.78 is 26.6. The highest BCUT2D eigenvalue weighted by Gasteiger charge is 2.41. The van der Waals surface area contributed by atoms with Crippen molar-refractivity contribution in [3.63, 3.8) is 0 Å². The summed E-state index contributed by atoms with van der Waals surface area (Å²) in [6, 6.07) is 6.48. The van der Waals surface area contributed by atoms with E-state index >= 15 is 0 Å². The second-order valence-corrected chi connectivity index (χ2v) is 9.96. The fraction of sp³-hybridized carbons (Fsp3) is 0.348. The third-order valence-electron chi connectivity index (χ3n) is 5.73. The number of sulfonamides is 1. The van der Waals surface area contributed by atoms with Crippen LogP contribution in [0.1, 0.15) is 31.2 Å². The summed E-state index contributed by atoms with van der Waals surface area (Å²) in [5.74, 6) is 0. The first-order valence-electron chi connectivity index (χ1n) is 10.1. The Labute approximate surface area is 172 Å². The molecule has 2 fully saturated rings. The predicted molar refractivity (Wildman–Crippen MR) is 120 cm³/mol. The molecule has 0 bridgehead atoms. The van der Waals surface area contributed by atoms with Crippen molar-refractivity contribution in [1.82, 2.24) is 9.29 Å². The van der Waals surface area contributed by atoms with Crippen LogP contribution >= 0.6 is 0 Å². The first kappa shape index (κ1) is 19.9. The molecule has 1 saturated heterocycles. The lowest BCUT2D eigenvalue weighted by atomic mass is 9.99. The van der Waals surface area contributed by atoms with Crippen LogP contribution in [0.4, 0.5) is 5.69 Å². The van der Waals surface area contributed by atoms with Gasteiger partial charge in [0.1, 0.15) is 0 Å². The molecule has 1 aliphatic heterocycles. The quantitative estimate of drug-likeness (QED) is 0.690. The Hall–Kier alpha value is -2.44. The summed E-state index contributed by atoms with van der Waals surface area (Å²) in [7, 11) is -3.08. The fourth-order valence-corrected chi connectivity index (χ4v) is 5.82. The second-order valence-electron chi connectivity index (χ2n) is 7.74. The average molecular weight is 410 g/mol. The number of piperidine rings is 1. The van der Waals surface area contributed by atoms with Crippen LogP contribution in [0.5, 0.6) is 0 Å². The van der Waals surface area contributed by atoms with E-state index in [9.17, 15) is 8.42 Å². The van der Waals surface area contributed by atoms with Crippen molar-refractivity contribution in [2.75, 3.05) is 18.4 Å². The zero-order valence-electron chi connectivity index (χ0n) is 16.5. The monoisotopic (exact) mass is 409 g/mol. The summed E-state index contributed by atoms with van der Waals surface area (Å²) >= 11 is 0. The van der Waals surface area contributed by atoms with Gasteiger partial charge >= 0.3 is 0 Å². The van der Waals surface area contributed by atoms with E-state index in [1.54, 1.807) is 16.6 Å². The first-order chi connectivity index (χ1) is 14.0. The number of hydrogen-bond donors (Lipinski definition) is 1. The van der Waals surface area contributed by atoms with Gasteiger partial charge in [0.25, 0.3) is 0 Å². The lowest BCUT2D eigenvalue weighted by molar-refractivity contribution is 0.329. The molecule has 2 heterocycles. The first-order valence-corrected chi connectivity index (χ1v) is 11.6. The van der Waals surface area contributed by atoms with Crippen LogP contribution in [-0.4, -0.2) is 42.1 Å². The Morgan fingerprint density at radius 1 is 1.17 bits per heavy atom. The van der Waals surface area contributed by atoms with Crippen molar-refractivity contribution < 1.29 is 8.42 Å². The van der Waals surface area contributed by atoms with E-state index in [1.807, 2.05) is 24.4 Å². The van der Waals surface area contributed by atoms with Gasteiger partial charge in [-0.25, -0.2) is 12.7 Å². The Morgan fingerprint density at radius 2 is 1.93 bits per heavy atom. The van der Waals surface area contributed by atoms with Gasteiger partial charge in [0.15, 0.2) is 0 Å². The highest BCUT2D eigenvalue weighted by Crippen LogP contribution is 2.34. The zero-order valence-corrected chi connectivity index (χ0v) is 17.4. The molecular weight excluding hydrogens is 382 g/mol. The molecule has 29 heavy (non-hydrogen) atoms. The summed E-state index contributed by atoms with van der Waals surface area (Å²) in [4.78, 5) is 4.29. The number of nitrogens with one attached hydrogen (secondary N) is 1. The number of allylic oxidation sites excluding steroid dienone is 4. The molecule has 2 aromatic rings. The summed E-state index contributed by atoms with van der Waals surface area (Å²) in [6.07, 6.45) is 12.4. The highest BCUT2D eigenvalue weighted by molar-refractivity contribution is 7.90. The summed E-state index contributed by atoms with van der Waals surface area (Å²) in [5, 5.41) is 5.69. The van der Waals surface area contributed by atoms with Crippen molar-refractivity contribution in [3.05, 3.63) is 67.5 Å². The average Bonchev–Trinajstić information content (AvgIpc) is 3.58. The van der Waals surface area contributed by atoms with Crippen molar-refractivity contribution in [2.45, 2.75) is 37.0 Å². The minimum atomic E-state index is -3.08. The lowest BCUT2D eigenvalue weighted by Crippen LogP contribution is -2.43. The Kier molecular flexibility index (Phi) is 5.56. The van der Waals surface area contributed by atoms with Crippen molar-refractivity contribution >= 4 is 32.1 Å². The fourth-order valence-electron chi connectivity index (χ4n) is 3.94. The number of anilines is 1. The van der Waals surface area contributed by atoms with Crippen LogP contribution in [0.3, 0.4) is 0 Å². The van der Waals surface area contributed by atoms with Gasteiger partial charge in [-0.3, -0.25) is 4.98 Å².